The molecule has 1 aromatic heterocycles. The van der Waals surface area contributed by atoms with Gasteiger partial charge in [-0.15, -0.1) is 18.3 Å². The standard InChI is InChI=1S/C16H9ClF3N3O3/c17-10-4-1-8(2-5-10)11-6-3-9(7-12(11)26-16(18,19)20)13-14(15(24)25)22-23-21-13/h1-7H,(H,24,25)(H,21,22,23). The van der Waals surface area contributed by atoms with Gasteiger partial charge in [0, 0.05) is 16.1 Å². The van der Waals surface area contributed by atoms with Crippen molar-refractivity contribution in [1.29, 1.82) is 0 Å². The van der Waals surface area contributed by atoms with Crippen molar-refractivity contribution in [1.82, 2.24) is 15.4 Å². The maximum absolute atomic E-state index is 12.8. The van der Waals surface area contributed by atoms with Crippen LogP contribution in [0, 0.1) is 0 Å². The van der Waals surface area contributed by atoms with Crippen LogP contribution in [0.5, 0.6) is 5.75 Å². The number of carbonyl (C=O) groups is 1. The van der Waals surface area contributed by atoms with Crippen LogP contribution in [0.15, 0.2) is 42.5 Å². The zero-order chi connectivity index (χ0) is 18.9. The highest BCUT2D eigenvalue weighted by Crippen LogP contribution is 2.37. The average Bonchev–Trinajstić information content (AvgIpc) is 3.04. The molecular weight excluding hydrogens is 375 g/mol. The summed E-state index contributed by atoms with van der Waals surface area (Å²) in [4.78, 5) is 11.2. The Morgan fingerprint density at radius 1 is 1.12 bits per heavy atom. The van der Waals surface area contributed by atoms with Gasteiger partial charge in [-0.3, -0.25) is 5.10 Å². The molecule has 0 aliphatic heterocycles. The smallest absolute Gasteiger partial charge is 0.476 e. The largest absolute Gasteiger partial charge is 0.573 e. The molecule has 134 valence electrons. The minimum absolute atomic E-state index is 0.104. The summed E-state index contributed by atoms with van der Waals surface area (Å²) in [6.07, 6.45) is -4.93. The Labute approximate surface area is 149 Å². The normalized spacial score (nSPS) is 11.4. The van der Waals surface area contributed by atoms with Crippen molar-refractivity contribution in [2.75, 3.05) is 0 Å². The SMILES string of the molecule is O=C(O)c1[nH]nnc1-c1ccc(-c2ccc(Cl)cc2)c(OC(F)(F)F)c1. The summed E-state index contributed by atoms with van der Waals surface area (Å²) in [5.74, 6) is -1.85. The molecular formula is C16H9ClF3N3O3. The van der Waals surface area contributed by atoms with Gasteiger partial charge in [0.2, 0.25) is 0 Å². The molecule has 0 spiro atoms. The number of nitrogens with zero attached hydrogens (tertiary/aromatic N) is 2. The van der Waals surface area contributed by atoms with E-state index in [1.54, 1.807) is 12.1 Å². The van der Waals surface area contributed by atoms with E-state index in [1.165, 1.54) is 24.3 Å². The number of carboxylic acid groups (broad SMARTS) is 1. The molecule has 3 rings (SSSR count). The molecule has 0 amide bonds. The topological polar surface area (TPSA) is 88.1 Å². The fourth-order valence-electron chi connectivity index (χ4n) is 2.33. The van der Waals surface area contributed by atoms with E-state index in [0.29, 0.717) is 10.6 Å². The summed E-state index contributed by atoms with van der Waals surface area (Å²) in [5, 5.41) is 18.7. The van der Waals surface area contributed by atoms with E-state index < -0.39 is 18.1 Å². The highest BCUT2D eigenvalue weighted by molar-refractivity contribution is 6.30. The van der Waals surface area contributed by atoms with Crippen molar-refractivity contribution in [2.45, 2.75) is 6.36 Å². The number of hydrogen-bond acceptors (Lipinski definition) is 4. The molecule has 0 bridgehead atoms. The molecule has 2 aromatic carbocycles. The van der Waals surface area contributed by atoms with Gasteiger partial charge in [-0.1, -0.05) is 35.0 Å². The monoisotopic (exact) mass is 383 g/mol. The number of hydrogen-bond donors (Lipinski definition) is 2. The van der Waals surface area contributed by atoms with E-state index in [0.717, 1.165) is 6.07 Å². The number of aromatic nitrogens is 3. The number of carboxylic acids is 1. The van der Waals surface area contributed by atoms with Crippen molar-refractivity contribution in [2.24, 2.45) is 0 Å². The fraction of sp³-hybridized carbons (Fsp3) is 0.0625. The number of halogens is 4. The van der Waals surface area contributed by atoms with E-state index >= 15 is 0 Å². The molecule has 26 heavy (non-hydrogen) atoms. The Hall–Kier alpha value is -3.07. The van der Waals surface area contributed by atoms with Gasteiger partial charge in [-0.05, 0) is 29.8 Å². The summed E-state index contributed by atoms with van der Waals surface area (Å²) in [6.45, 7) is 0. The van der Waals surface area contributed by atoms with Crippen LogP contribution in [0.25, 0.3) is 22.4 Å². The second kappa shape index (κ2) is 6.68. The number of aromatic carboxylic acids is 1. The fourth-order valence-corrected chi connectivity index (χ4v) is 2.45. The first-order valence-corrected chi connectivity index (χ1v) is 7.43. The van der Waals surface area contributed by atoms with E-state index in [1.807, 2.05) is 0 Å². The number of aromatic amines is 1. The Kier molecular flexibility index (Phi) is 4.56. The van der Waals surface area contributed by atoms with Crippen molar-refractivity contribution in [3.63, 3.8) is 0 Å². The van der Waals surface area contributed by atoms with Crippen LogP contribution >= 0.6 is 11.6 Å². The predicted molar refractivity (Wildman–Crippen MR) is 85.9 cm³/mol. The maximum Gasteiger partial charge on any atom is 0.573 e. The van der Waals surface area contributed by atoms with Gasteiger partial charge in [-0.2, -0.15) is 0 Å². The number of H-pyrrole nitrogens is 1. The van der Waals surface area contributed by atoms with Crippen LogP contribution in [0.1, 0.15) is 10.5 Å². The quantitative estimate of drug-likeness (QED) is 0.697. The zero-order valence-corrected chi connectivity index (χ0v) is 13.5. The maximum atomic E-state index is 12.8. The molecule has 3 aromatic rings. The van der Waals surface area contributed by atoms with Crippen LogP contribution in [0.2, 0.25) is 5.02 Å². The molecule has 0 aliphatic carbocycles. The highest BCUT2D eigenvalue weighted by Gasteiger charge is 2.32. The molecule has 0 atom stereocenters. The van der Waals surface area contributed by atoms with Gasteiger partial charge in [0.15, 0.2) is 5.69 Å². The number of benzene rings is 2. The van der Waals surface area contributed by atoms with Gasteiger partial charge >= 0.3 is 12.3 Å². The van der Waals surface area contributed by atoms with Crippen molar-refractivity contribution >= 4 is 17.6 Å². The first-order chi connectivity index (χ1) is 12.2. The molecule has 0 saturated carbocycles. The lowest BCUT2D eigenvalue weighted by molar-refractivity contribution is -0.274. The van der Waals surface area contributed by atoms with Crippen LogP contribution in [0.3, 0.4) is 0 Å². The van der Waals surface area contributed by atoms with Crippen molar-refractivity contribution in [3.05, 3.63) is 53.2 Å². The van der Waals surface area contributed by atoms with Crippen molar-refractivity contribution in [3.8, 4) is 28.1 Å². The molecule has 0 unspecified atom stereocenters. The van der Waals surface area contributed by atoms with Gasteiger partial charge < -0.3 is 9.84 Å². The average molecular weight is 384 g/mol. The first kappa shape index (κ1) is 17.7. The minimum atomic E-state index is -4.93. The number of rotatable bonds is 4. The Bertz CT molecular complexity index is 955. The lowest BCUT2D eigenvalue weighted by Gasteiger charge is -2.15. The molecule has 0 aliphatic rings. The van der Waals surface area contributed by atoms with Gasteiger partial charge in [0.25, 0.3) is 0 Å². The summed E-state index contributed by atoms with van der Waals surface area (Å²) < 4.78 is 42.6. The Balaban J connectivity index is 2.13. The zero-order valence-electron chi connectivity index (χ0n) is 12.7. The van der Waals surface area contributed by atoms with E-state index in [4.69, 9.17) is 16.7 Å². The molecule has 10 heteroatoms. The van der Waals surface area contributed by atoms with Gasteiger partial charge in [0.1, 0.15) is 11.4 Å². The van der Waals surface area contributed by atoms with E-state index in [-0.39, 0.29) is 22.5 Å². The molecule has 0 fully saturated rings. The lowest BCUT2D eigenvalue weighted by atomic mass is 10.0. The molecule has 0 saturated heterocycles. The first-order valence-electron chi connectivity index (χ1n) is 7.05. The second-order valence-electron chi connectivity index (χ2n) is 5.11. The summed E-state index contributed by atoms with van der Waals surface area (Å²) in [7, 11) is 0. The molecule has 6 nitrogen and oxygen atoms in total. The highest BCUT2D eigenvalue weighted by atomic mass is 35.5. The predicted octanol–water partition coefficient (Wildman–Crippen LogP) is 4.39. The van der Waals surface area contributed by atoms with Crippen LogP contribution in [-0.2, 0) is 0 Å². The lowest BCUT2D eigenvalue weighted by Crippen LogP contribution is -2.17. The van der Waals surface area contributed by atoms with E-state index in [2.05, 4.69) is 20.1 Å². The summed E-state index contributed by atoms with van der Waals surface area (Å²) in [6, 6.07) is 10.0. The van der Waals surface area contributed by atoms with Gasteiger partial charge in [0.05, 0.1) is 0 Å². The third-order valence-electron chi connectivity index (χ3n) is 3.40. The Morgan fingerprint density at radius 2 is 1.77 bits per heavy atom. The van der Waals surface area contributed by atoms with Crippen LogP contribution in [0.4, 0.5) is 13.2 Å². The van der Waals surface area contributed by atoms with Gasteiger partial charge in [-0.25, -0.2) is 4.79 Å². The molecule has 1 heterocycles. The molecule has 2 N–H and O–H groups in total. The van der Waals surface area contributed by atoms with Crippen molar-refractivity contribution < 1.29 is 27.8 Å². The summed E-state index contributed by atoms with van der Waals surface area (Å²) >= 11 is 5.80. The summed E-state index contributed by atoms with van der Waals surface area (Å²) in [5.41, 5.74) is 0.254. The van der Waals surface area contributed by atoms with Crippen LogP contribution < -0.4 is 4.74 Å². The third kappa shape index (κ3) is 3.77. The third-order valence-corrected chi connectivity index (χ3v) is 3.65. The van der Waals surface area contributed by atoms with Crippen LogP contribution in [-0.4, -0.2) is 32.8 Å². The second-order valence-corrected chi connectivity index (χ2v) is 5.54. The number of alkyl halides is 3. The number of ether oxygens (including phenoxy) is 1. The molecule has 0 radical (unpaired) electrons. The Morgan fingerprint density at radius 3 is 2.38 bits per heavy atom. The number of nitrogens with one attached hydrogen (secondary N) is 1. The van der Waals surface area contributed by atoms with E-state index in [9.17, 15) is 18.0 Å². The minimum Gasteiger partial charge on any atom is -0.476 e.